The van der Waals surface area contributed by atoms with Crippen molar-refractivity contribution in [2.75, 3.05) is 0 Å². The van der Waals surface area contributed by atoms with Crippen LogP contribution in [0.15, 0.2) is 18.2 Å². The maximum Gasteiger partial charge on any atom is 0.153 e. The van der Waals surface area contributed by atoms with Gasteiger partial charge in [0.2, 0.25) is 0 Å². The molecule has 2 nitrogen and oxygen atoms in total. The number of carbonyl (C=O) groups excluding carboxylic acids is 1. The van der Waals surface area contributed by atoms with Crippen LogP contribution in [0.3, 0.4) is 0 Å². The minimum absolute atomic E-state index is 0.136. The van der Waals surface area contributed by atoms with Crippen LogP contribution in [0.2, 0.25) is 0 Å². The third-order valence-electron chi connectivity index (χ3n) is 4.00. The number of rotatable bonds is 2. The average molecular weight is 241 g/mol. The van der Waals surface area contributed by atoms with Gasteiger partial charge in [-0.05, 0) is 44.2 Å². The summed E-state index contributed by atoms with van der Waals surface area (Å²) in [5.41, 5.74) is 2.74. The molecule has 0 aromatic heterocycles. The molecule has 0 bridgehead atoms. The van der Waals surface area contributed by atoms with Crippen LogP contribution in [0, 0.1) is 30.6 Å². The van der Waals surface area contributed by atoms with Gasteiger partial charge in [-0.25, -0.2) is 0 Å². The molecule has 0 spiro atoms. The summed E-state index contributed by atoms with van der Waals surface area (Å²) in [4.78, 5) is 12.1. The van der Waals surface area contributed by atoms with Crippen LogP contribution in [0.1, 0.15) is 42.4 Å². The van der Waals surface area contributed by atoms with Crippen LogP contribution in [0.4, 0.5) is 0 Å². The van der Waals surface area contributed by atoms with Crippen molar-refractivity contribution >= 4 is 5.78 Å². The Balaban J connectivity index is 2.33. The molecule has 1 aliphatic carbocycles. The SMILES string of the molecule is Cc1ccc(C)c(CC2(C#N)CCCCC2=O)c1. The molecule has 1 fully saturated rings. The highest BCUT2D eigenvalue weighted by molar-refractivity contribution is 5.88. The second-order valence-electron chi connectivity index (χ2n) is 5.43. The van der Waals surface area contributed by atoms with Gasteiger partial charge in [-0.3, -0.25) is 4.79 Å². The molecule has 0 amide bonds. The fourth-order valence-corrected chi connectivity index (χ4v) is 2.75. The predicted octanol–water partition coefficient (Wildman–Crippen LogP) is 3.50. The summed E-state index contributed by atoms with van der Waals surface area (Å²) in [5, 5.41) is 9.46. The van der Waals surface area contributed by atoms with Crippen molar-refractivity contribution in [1.29, 1.82) is 5.26 Å². The number of hydrogen-bond donors (Lipinski definition) is 0. The Morgan fingerprint density at radius 3 is 2.78 bits per heavy atom. The maximum absolute atomic E-state index is 12.1. The third-order valence-corrected chi connectivity index (χ3v) is 4.00. The predicted molar refractivity (Wildman–Crippen MR) is 71.1 cm³/mol. The second-order valence-corrected chi connectivity index (χ2v) is 5.43. The highest BCUT2D eigenvalue weighted by Crippen LogP contribution is 2.36. The van der Waals surface area contributed by atoms with E-state index in [0.29, 0.717) is 12.8 Å². The molecule has 1 atom stereocenters. The molecule has 1 aromatic rings. The number of nitrogens with zero attached hydrogens (tertiary/aromatic N) is 1. The van der Waals surface area contributed by atoms with Crippen molar-refractivity contribution in [1.82, 2.24) is 0 Å². The molecule has 0 saturated heterocycles. The van der Waals surface area contributed by atoms with Gasteiger partial charge in [0.1, 0.15) is 5.41 Å². The molecule has 0 N–H and O–H groups in total. The van der Waals surface area contributed by atoms with E-state index in [0.717, 1.165) is 24.8 Å². The lowest BCUT2D eigenvalue weighted by molar-refractivity contribution is -0.128. The Kier molecular flexibility index (Phi) is 3.52. The Bertz CT molecular complexity index is 512. The molecule has 1 aliphatic rings. The number of benzene rings is 1. The number of Topliss-reactive ketones (excluding diaryl/α,β-unsaturated/α-hetero) is 1. The summed E-state index contributed by atoms with van der Waals surface area (Å²) in [7, 11) is 0. The summed E-state index contributed by atoms with van der Waals surface area (Å²) < 4.78 is 0. The molecule has 18 heavy (non-hydrogen) atoms. The van der Waals surface area contributed by atoms with E-state index in [1.54, 1.807) is 0 Å². The van der Waals surface area contributed by atoms with Gasteiger partial charge in [0.05, 0.1) is 6.07 Å². The van der Waals surface area contributed by atoms with Crippen molar-refractivity contribution in [3.05, 3.63) is 34.9 Å². The zero-order valence-corrected chi connectivity index (χ0v) is 11.1. The van der Waals surface area contributed by atoms with Gasteiger partial charge in [-0.2, -0.15) is 5.26 Å². The first-order chi connectivity index (χ1) is 8.57. The lowest BCUT2D eigenvalue weighted by atomic mass is 9.70. The lowest BCUT2D eigenvalue weighted by Gasteiger charge is -2.29. The van der Waals surface area contributed by atoms with Gasteiger partial charge < -0.3 is 0 Å². The van der Waals surface area contributed by atoms with Crippen LogP contribution in [0.25, 0.3) is 0 Å². The first kappa shape index (κ1) is 12.8. The van der Waals surface area contributed by atoms with Gasteiger partial charge in [-0.1, -0.05) is 30.2 Å². The molecule has 94 valence electrons. The largest absolute Gasteiger partial charge is 0.298 e. The summed E-state index contributed by atoms with van der Waals surface area (Å²) in [6.07, 6.45) is 3.79. The monoisotopic (exact) mass is 241 g/mol. The molecule has 0 heterocycles. The maximum atomic E-state index is 12.1. The quantitative estimate of drug-likeness (QED) is 0.795. The Morgan fingerprint density at radius 2 is 2.11 bits per heavy atom. The summed E-state index contributed by atoms with van der Waals surface area (Å²) in [5.74, 6) is 0.136. The van der Waals surface area contributed by atoms with E-state index in [2.05, 4.69) is 24.3 Å². The first-order valence-electron chi connectivity index (χ1n) is 6.58. The molecular weight excluding hydrogens is 222 g/mol. The van der Waals surface area contributed by atoms with E-state index in [9.17, 15) is 10.1 Å². The molecule has 0 radical (unpaired) electrons. The standard InChI is InChI=1S/C16H19NO/c1-12-6-7-13(2)14(9-12)10-16(11-17)8-4-3-5-15(16)18/h6-7,9H,3-5,8,10H2,1-2H3. The Hall–Kier alpha value is -1.62. The van der Waals surface area contributed by atoms with Crippen LogP contribution < -0.4 is 0 Å². The fourth-order valence-electron chi connectivity index (χ4n) is 2.75. The van der Waals surface area contributed by atoms with Gasteiger partial charge in [0.15, 0.2) is 5.78 Å². The van der Waals surface area contributed by atoms with Gasteiger partial charge in [0.25, 0.3) is 0 Å². The number of aryl methyl sites for hydroxylation is 2. The normalized spacial score (nSPS) is 23.7. The summed E-state index contributed by atoms with van der Waals surface area (Å²) in [6.45, 7) is 4.10. The minimum atomic E-state index is -0.767. The molecule has 1 saturated carbocycles. The Morgan fingerprint density at radius 1 is 1.33 bits per heavy atom. The van der Waals surface area contributed by atoms with E-state index in [1.807, 2.05) is 13.8 Å². The van der Waals surface area contributed by atoms with Gasteiger partial charge >= 0.3 is 0 Å². The summed E-state index contributed by atoms with van der Waals surface area (Å²) >= 11 is 0. The minimum Gasteiger partial charge on any atom is -0.298 e. The van der Waals surface area contributed by atoms with Crippen molar-refractivity contribution in [2.24, 2.45) is 5.41 Å². The van der Waals surface area contributed by atoms with Crippen molar-refractivity contribution < 1.29 is 4.79 Å². The van der Waals surface area contributed by atoms with E-state index < -0.39 is 5.41 Å². The molecule has 1 aromatic carbocycles. The van der Waals surface area contributed by atoms with Gasteiger partial charge in [0, 0.05) is 6.42 Å². The third kappa shape index (κ3) is 2.31. The zero-order valence-electron chi connectivity index (χ0n) is 11.1. The fraction of sp³-hybridized carbons (Fsp3) is 0.500. The second kappa shape index (κ2) is 4.94. The van der Waals surface area contributed by atoms with Crippen LogP contribution in [-0.2, 0) is 11.2 Å². The molecule has 2 rings (SSSR count). The molecule has 1 unspecified atom stereocenters. The number of nitriles is 1. The average Bonchev–Trinajstić information content (AvgIpc) is 2.37. The highest BCUT2D eigenvalue weighted by Gasteiger charge is 2.40. The summed E-state index contributed by atoms with van der Waals surface area (Å²) in [6, 6.07) is 8.56. The Labute approximate surface area is 109 Å². The van der Waals surface area contributed by atoms with Crippen LogP contribution >= 0.6 is 0 Å². The van der Waals surface area contributed by atoms with Crippen molar-refractivity contribution in [2.45, 2.75) is 46.0 Å². The lowest BCUT2D eigenvalue weighted by Crippen LogP contribution is -2.35. The molecule has 2 heteroatoms. The first-order valence-corrected chi connectivity index (χ1v) is 6.58. The van der Waals surface area contributed by atoms with E-state index in [-0.39, 0.29) is 5.78 Å². The number of ketones is 1. The van der Waals surface area contributed by atoms with Crippen LogP contribution in [0.5, 0.6) is 0 Å². The topological polar surface area (TPSA) is 40.9 Å². The zero-order chi connectivity index (χ0) is 13.2. The van der Waals surface area contributed by atoms with Gasteiger partial charge in [-0.15, -0.1) is 0 Å². The van der Waals surface area contributed by atoms with E-state index >= 15 is 0 Å². The number of carbonyl (C=O) groups is 1. The van der Waals surface area contributed by atoms with Crippen molar-refractivity contribution in [3.8, 4) is 6.07 Å². The number of hydrogen-bond acceptors (Lipinski definition) is 2. The van der Waals surface area contributed by atoms with E-state index in [4.69, 9.17) is 0 Å². The van der Waals surface area contributed by atoms with Crippen LogP contribution in [-0.4, -0.2) is 5.78 Å². The smallest absolute Gasteiger partial charge is 0.153 e. The highest BCUT2D eigenvalue weighted by atomic mass is 16.1. The van der Waals surface area contributed by atoms with E-state index in [1.165, 1.54) is 11.1 Å². The molecular formula is C16H19NO. The molecule has 0 aliphatic heterocycles. The van der Waals surface area contributed by atoms with Crippen molar-refractivity contribution in [3.63, 3.8) is 0 Å².